The average molecular weight is 418 g/mol. The van der Waals surface area contributed by atoms with Crippen LogP contribution in [0.2, 0.25) is 0 Å². The molecule has 0 saturated heterocycles. The van der Waals surface area contributed by atoms with E-state index in [1.54, 1.807) is 30.5 Å². The summed E-state index contributed by atoms with van der Waals surface area (Å²) in [5.74, 6) is -0.335. The predicted octanol–water partition coefficient (Wildman–Crippen LogP) is 5.97. The molecule has 0 aliphatic heterocycles. The largest absolute Gasteiger partial charge is 0.462 e. The highest BCUT2D eigenvalue weighted by Crippen LogP contribution is 2.28. The highest BCUT2D eigenvalue weighted by molar-refractivity contribution is 7.11. The van der Waals surface area contributed by atoms with Gasteiger partial charge < -0.3 is 10.1 Å². The van der Waals surface area contributed by atoms with Crippen molar-refractivity contribution in [3.8, 4) is 17.3 Å². The number of benzene rings is 2. The van der Waals surface area contributed by atoms with Crippen molar-refractivity contribution in [1.29, 1.82) is 5.26 Å². The minimum Gasteiger partial charge on any atom is -0.462 e. The van der Waals surface area contributed by atoms with Gasteiger partial charge in [0.05, 0.1) is 17.9 Å². The van der Waals surface area contributed by atoms with Gasteiger partial charge in [-0.3, -0.25) is 0 Å². The van der Waals surface area contributed by atoms with Crippen LogP contribution in [0.5, 0.6) is 0 Å². The third-order valence-electron chi connectivity index (χ3n) is 4.45. The molecule has 6 heteroatoms. The summed E-state index contributed by atoms with van der Waals surface area (Å²) in [6.45, 7) is 6.48. The second-order valence-electron chi connectivity index (χ2n) is 6.88. The van der Waals surface area contributed by atoms with Crippen molar-refractivity contribution in [3.05, 3.63) is 75.7 Å². The van der Waals surface area contributed by atoms with E-state index >= 15 is 0 Å². The van der Waals surface area contributed by atoms with Crippen molar-refractivity contribution >= 4 is 28.6 Å². The summed E-state index contributed by atoms with van der Waals surface area (Å²) >= 11 is 1.44. The molecule has 30 heavy (non-hydrogen) atoms. The number of aromatic nitrogens is 1. The van der Waals surface area contributed by atoms with Gasteiger partial charge in [-0.15, -0.1) is 11.3 Å². The lowest BCUT2D eigenvalue weighted by atomic mass is 10.0. The van der Waals surface area contributed by atoms with Crippen molar-refractivity contribution in [2.45, 2.75) is 27.2 Å². The Labute approximate surface area is 180 Å². The zero-order valence-corrected chi connectivity index (χ0v) is 18.0. The molecule has 0 bridgehead atoms. The number of anilines is 1. The molecule has 0 amide bonds. The van der Waals surface area contributed by atoms with Crippen LogP contribution in [0.4, 0.5) is 5.69 Å². The molecule has 1 N–H and O–H groups in total. The summed E-state index contributed by atoms with van der Waals surface area (Å²) in [5.41, 5.74) is 6.01. The number of hydrogen-bond donors (Lipinski definition) is 1. The number of carbonyl (C=O) groups excluding carboxylic acids is 1. The lowest BCUT2D eigenvalue weighted by molar-refractivity contribution is 0.0505. The molecule has 0 aliphatic carbocycles. The number of thiazole rings is 1. The van der Waals surface area contributed by atoms with Crippen LogP contribution in [-0.2, 0) is 4.74 Å². The maximum atomic E-state index is 11.9. The van der Waals surface area contributed by atoms with E-state index in [9.17, 15) is 10.1 Å². The van der Waals surface area contributed by atoms with Crippen molar-refractivity contribution in [2.75, 3.05) is 11.9 Å². The van der Waals surface area contributed by atoms with E-state index in [2.05, 4.69) is 48.4 Å². The van der Waals surface area contributed by atoms with Gasteiger partial charge in [0.15, 0.2) is 0 Å². The Kier molecular flexibility index (Phi) is 6.99. The van der Waals surface area contributed by atoms with E-state index < -0.39 is 0 Å². The van der Waals surface area contributed by atoms with Crippen molar-refractivity contribution in [3.63, 3.8) is 0 Å². The fraction of sp³-hybridized carbons (Fsp3) is 0.208. The second kappa shape index (κ2) is 9.86. The quantitative estimate of drug-likeness (QED) is 0.379. The Morgan fingerprint density at radius 3 is 2.67 bits per heavy atom. The number of hydrogen-bond acceptors (Lipinski definition) is 6. The van der Waals surface area contributed by atoms with E-state index in [1.807, 2.05) is 12.3 Å². The van der Waals surface area contributed by atoms with Crippen LogP contribution in [0.15, 0.2) is 54.0 Å². The normalized spacial score (nSPS) is 11.1. The van der Waals surface area contributed by atoms with Gasteiger partial charge in [0, 0.05) is 22.8 Å². The number of allylic oxidation sites excluding steroid dienone is 1. The molecule has 3 aromatic rings. The lowest BCUT2D eigenvalue weighted by Crippen LogP contribution is -2.05. The van der Waals surface area contributed by atoms with Gasteiger partial charge in [-0.05, 0) is 50.1 Å². The zero-order valence-electron chi connectivity index (χ0n) is 17.2. The molecule has 0 fully saturated rings. The van der Waals surface area contributed by atoms with Gasteiger partial charge >= 0.3 is 5.97 Å². The molecule has 1 heterocycles. The predicted molar refractivity (Wildman–Crippen MR) is 121 cm³/mol. The van der Waals surface area contributed by atoms with Crippen LogP contribution in [0.25, 0.3) is 16.8 Å². The summed E-state index contributed by atoms with van der Waals surface area (Å²) in [7, 11) is 0. The van der Waals surface area contributed by atoms with Gasteiger partial charge in [-0.2, -0.15) is 5.26 Å². The average Bonchev–Trinajstić information content (AvgIpc) is 3.22. The highest BCUT2D eigenvalue weighted by Gasteiger charge is 2.11. The molecule has 0 radical (unpaired) electrons. The molecule has 0 atom stereocenters. The third kappa shape index (κ3) is 5.13. The first-order chi connectivity index (χ1) is 14.5. The summed E-state index contributed by atoms with van der Waals surface area (Å²) in [5, 5.41) is 15.3. The Balaban J connectivity index is 1.73. The van der Waals surface area contributed by atoms with Crippen LogP contribution in [0, 0.1) is 25.2 Å². The maximum Gasteiger partial charge on any atom is 0.338 e. The van der Waals surface area contributed by atoms with Crippen molar-refractivity contribution in [2.24, 2.45) is 0 Å². The second-order valence-corrected chi connectivity index (χ2v) is 7.74. The van der Waals surface area contributed by atoms with Gasteiger partial charge in [-0.1, -0.05) is 30.7 Å². The fourth-order valence-corrected chi connectivity index (χ4v) is 3.69. The van der Waals surface area contributed by atoms with E-state index in [1.165, 1.54) is 16.9 Å². The lowest BCUT2D eigenvalue weighted by Gasteiger charge is -2.05. The van der Waals surface area contributed by atoms with Gasteiger partial charge in [0.25, 0.3) is 0 Å². The molecule has 0 spiro atoms. The molecule has 0 saturated carbocycles. The number of carbonyl (C=O) groups is 1. The van der Waals surface area contributed by atoms with Crippen LogP contribution in [-0.4, -0.2) is 17.6 Å². The van der Waals surface area contributed by atoms with Crippen LogP contribution in [0.1, 0.15) is 39.8 Å². The van der Waals surface area contributed by atoms with Gasteiger partial charge in [0.1, 0.15) is 16.6 Å². The number of rotatable bonds is 7. The minimum atomic E-state index is -0.335. The molecular weight excluding hydrogens is 394 g/mol. The first kappa shape index (κ1) is 21.3. The SMILES string of the molecule is CCCOC(=O)c1ccc(NC=C(C#N)c2nc(-c3ccc(C)cc3C)cs2)cc1. The van der Waals surface area contributed by atoms with Crippen LogP contribution >= 0.6 is 11.3 Å². The standard InChI is InChI=1S/C24H23N3O2S/c1-4-11-29-24(28)18-6-8-20(9-7-18)26-14-19(13-25)23-27-22(15-30-23)21-10-5-16(2)12-17(21)3/h5-10,12,14-15,26H,4,11H2,1-3H3. The van der Waals surface area contributed by atoms with E-state index in [0.29, 0.717) is 22.8 Å². The highest BCUT2D eigenvalue weighted by atomic mass is 32.1. The molecule has 152 valence electrons. The smallest absolute Gasteiger partial charge is 0.338 e. The van der Waals surface area contributed by atoms with E-state index in [-0.39, 0.29) is 5.97 Å². The Morgan fingerprint density at radius 1 is 1.23 bits per heavy atom. The Bertz CT molecular complexity index is 1110. The Morgan fingerprint density at radius 2 is 2.00 bits per heavy atom. The zero-order chi connectivity index (χ0) is 21.5. The maximum absolute atomic E-state index is 11.9. The topological polar surface area (TPSA) is 75.0 Å². The molecule has 2 aromatic carbocycles. The fourth-order valence-electron chi connectivity index (χ4n) is 2.90. The van der Waals surface area contributed by atoms with Crippen LogP contribution < -0.4 is 5.32 Å². The molecule has 5 nitrogen and oxygen atoms in total. The monoisotopic (exact) mass is 417 g/mol. The number of nitrogens with zero attached hydrogens (tertiary/aromatic N) is 2. The van der Waals surface area contributed by atoms with E-state index in [4.69, 9.17) is 4.74 Å². The number of aryl methyl sites for hydroxylation is 2. The molecule has 0 unspecified atom stereocenters. The molecule has 1 aromatic heterocycles. The molecule has 0 aliphatic rings. The van der Waals surface area contributed by atoms with Gasteiger partial charge in [0.2, 0.25) is 0 Å². The Hall–Kier alpha value is -3.43. The number of nitrogens with one attached hydrogen (secondary N) is 1. The molecular formula is C24H23N3O2S. The van der Waals surface area contributed by atoms with Crippen molar-refractivity contribution in [1.82, 2.24) is 4.98 Å². The van der Waals surface area contributed by atoms with Crippen LogP contribution in [0.3, 0.4) is 0 Å². The van der Waals surface area contributed by atoms with Gasteiger partial charge in [-0.25, -0.2) is 9.78 Å². The first-order valence-electron chi connectivity index (χ1n) is 9.69. The summed E-state index contributed by atoms with van der Waals surface area (Å²) in [6.07, 6.45) is 2.42. The summed E-state index contributed by atoms with van der Waals surface area (Å²) in [6, 6.07) is 15.4. The number of esters is 1. The first-order valence-corrected chi connectivity index (χ1v) is 10.6. The number of nitriles is 1. The summed E-state index contributed by atoms with van der Waals surface area (Å²) < 4.78 is 5.12. The van der Waals surface area contributed by atoms with E-state index in [0.717, 1.165) is 28.9 Å². The van der Waals surface area contributed by atoms with Crippen molar-refractivity contribution < 1.29 is 9.53 Å². The number of ether oxygens (including phenoxy) is 1. The minimum absolute atomic E-state index is 0.335. The summed E-state index contributed by atoms with van der Waals surface area (Å²) in [4.78, 5) is 16.5. The third-order valence-corrected chi connectivity index (χ3v) is 5.33. The molecule has 3 rings (SSSR count).